The molecule has 0 aliphatic rings. The molecule has 0 aromatic heterocycles. The van der Waals surface area contributed by atoms with E-state index in [1.165, 1.54) is 0 Å². The Kier molecular flexibility index (Phi) is 5.96. The predicted octanol–water partition coefficient (Wildman–Crippen LogP) is 2.31. The number of carbonyl (C=O) groups excluding carboxylic acids is 1. The number of hydrogen-bond donors (Lipinski definition) is 0. The molecule has 0 aromatic carbocycles. The normalized spacial score (nSPS) is 13.0. The molecule has 0 fully saturated rings. The third-order valence-corrected chi connectivity index (χ3v) is 1.56. The van der Waals surface area contributed by atoms with E-state index in [9.17, 15) is 4.79 Å². The largest absolute Gasteiger partial charge is 0.461 e. The van der Waals surface area contributed by atoms with E-state index in [0.29, 0.717) is 12.3 Å². The van der Waals surface area contributed by atoms with E-state index in [4.69, 9.17) is 4.74 Å². The minimum atomic E-state index is -0.359. The van der Waals surface area contributed by atoms with Crippen molar-refractivity contribution in [3.05, 3.63) is 9.28 Å². The smallest absolute Gasteiger partial charge is 0.357 e. The summed E-state index contributed by atoms with van der Waals surface area (Å²) in [6.45, 7) is 5.73. The zero-order chi connectivity index (χ0) is 9.56. The van der Waals surface area contributed by atoms with Gasteiger partial charge in [-0.25, -0.2) is 4.79 Å². The van der Waals surface area contributed by atoms with Crippen LogP contribution in [0.3, 0.4) is 0 Å². The molecule has 0 spiro atoms. The minimum absolute atomic E-state index is 0.359. The summed E-state index contributed by atoms with van der Waals surface area (Å²) in [5.74, 6) is -0.359. The molecule has 0 saturated heterocycles. The third kappa shape index (κ3) is 3.85. The second-order valence-electron chi connectivity index (χ2n) is 1.99. The standard InChI is InChI=1S/C8H12INO2/c1-4-10-7(6(3)9)8(11)12-5-2/h4H,5H2,1-3H3/b7-6+,10-4-. The Morgan fingerprint density at radius 1 is 1.67 bits per heavy atom. The second-order valence-corrected chi connectivity index (χ2v) is 3.61. The Labute approximate surface area is 86.0 Å². The monoisotopic (exact) mass is 281 g/mol. The van der Waals surface area contributed by atoms with Gasteiger partial charge in [-0.15, -0.1) is 0 Å². The van der Waals surface area contributed by atoms with Crippen LogP contribution in [-0.2, 0) is 9.53 Å². The summed E-state index contributed by atoms with van der Waals surface area (Å²) < 4.78 is 5.64. The highest BCUT2D eigenvalue weighted by Gasteiger charge is 2.10. The topological polar surface area (TPSA) is 38.7 Å². The summed E-state index contributed by atoms with van der Waals surface area (Å²) in [4.78, 5) is 15.1. The number of halogens is 1. The fraction of sp³-hybridized carbons (Fsp3) is 0.500. The van der Waals surface area contributed by atoms with E-state index in [-0.39, 0.29) is 5.97 Å². The molecule has 0 aliphatic heterocycles. The van der Waals surface area contributed by atoms with Crippen LogP contribution < -0.4 is 0 Å². The van der Waals surface area contributed by atoms with Gasteiger partial charge in [0.25, 0.3) is 0 Å². The van der Waals surface area contributed by atoms with E-state index >= 15 is 0 Å². The fourth-order valence-corrected chi connectivity index (χ4v) is 0.970. The Morgan fingerprint density at radius 2 is 2.25 bits per heavy atom. The number of hydrogen-bond acceptors (Lipinski definition) is 3. The first-order valence-corrected chi connectivity index (χ1v) is 4.73. The molecule has 0 aliphatic carbocycles. The van der Waals surface area contributed by atoms with Gasteiger partial charge in [0.1, 0.15) is 0 Å². The quantitative estimate of drug-likeness (QED) is 0.344. The first-order valence-electron chi connectivity index (χ1n) is 3.65. The molecule has 0 unspecified atom stereocenters. The molecular formula is C8H12INO2. The Bertz CT molecular complexity index is 217. The molecule has 0 N–H and O–H groups in total. The van der Waals surface area contributed by atoms with Crippen molar-refractivity contribution >= 4 is 34.8 Å². The van der Waals surface area contributed by atoms with Crippen molar-refractivity contribution in [2.24, 2.45) is 4.99 Å². The molecule has 0 heterocycles. The van der Waals surface area contributed by atoms with Crippen LogP contribution in [0.1, 0.15) is 20.8 Å². The summed E-state index contributed by atoms with van der Waals surface area (Å²) in [5.41, 5.74) is 0.389. The Morgan fingerprint density at radius 3 is 2.58 bits per heavy atom. The molecule has 0 bridgehead atoms. The Balaban J connectivity index is 4.54. The maximum atomic E-state index is 11.2. The molecule has 0 aromatic rings. The van der Waals surface area contributed by atoms with Gasteiger partial charge in [0.05, 0.1) is 6.61 Å². The average molecular weight is 281 g/mol. The molecule has 0 radical (unpaired) electrons. The number of rotatable bonds is 3. The maximum Gasteiger partial charge on any atom is 0.357 e. The maximum absolute atomic E-state index is 11.2. The molecule has 4 heteroatoms. The van der Waals surface area contributed by atoms with E-state index in [0.717, 1.165) is 3.58 Å². The van der Waals surface area contributed by atoms with Gasteiger partial charge in [-0.05, 0) is 43.4 Å². The molecular weight excluding hydrogens is 269 g/mol. The summed E-state index contributed by atoms with van der Waals surface area (Å²) >= 11 is 2.05. The van der Waals surface area contributed by atoms with E-state index in [1.54, 1.807) is 20.1 Å². The van der Waals surface area contributed by atoms with Gasteiger partial charge in [0.15, 0.2) is 5.70 Å². The number of nitrogens with zero attached hydrogens (tertiary/aromatic N) is 1. The van der Waals surface area contributed by atoms with Crippen molar-refractivity contribution in [1.82, 2.24) is 0 Å². The summed E-state index contributed by atoms with van der Waals surface area (Å²) in [6.07, 6.45) is 1.58. The highest BCUT2D eigenvalue weighted by molar-refractivity contribution is 14.1. The van der Waals surface area contributed by atoms with Gasteiger partial charge in [-0.2, -0.15) is 0 Å². The van der Waals surface area contributed by atoms with Crippen LogP contribution in [0.15, 0.2) is 14.3 Å². The van der Waals surface area contributed by atoms with Crippen LogP contribution in [0.4, 0.5) is 0 Å². The molecule has 0 saturated carbocycles. The minimum Gasteiger partial charge on any atom is -0.461 e. The summed E-state index contributed by atoms with van der Waals surface area (Å²) in [6, 6.07) is 0. The van der Waals surface area contributed by atoms with E-state index < -0.39 is 0 Å². The lowest BCUT2D eigenvalue weighted by Crippen LogP contribution is -2.06. The van der Waals surface area contributed by atoms with Crippen molar-refractivity contribution in [3.63, 3.8) is 0 Å². The number of allylic oxidation sites excluding steroid dienone is 1. The van der Waals surface area contributed by atoms with Crippen LogP contribution in [0.2, 0.25) is 0 Å². The highest BCUT2D eigenvalue weighted by Crippen LogP contribution is 2.14. The third-order valence-electron chi connectivity index (χ3n) is 1.05. The molecule has 0 amide bonds. The van der Waals surface area contributed by atoms with Crippen molar-refractivity contribution in [3.8, 4) is 0 Å². The Hall–Kier alpha value is -0.390. The second kappa shape index (κ2) is 6.16. The zero-order valence-electron chi connectivity index (χ0n) is 7.43. The molecule has 0 atom stereocenters. The van der Waals surface area contributed by atoms with Crippen LogP contribution in [0.5, 0.6) is 0 Å². The van der Waals surface area contributed by atoms with Gasteiger partial charge in [-0.1, -0.05) is 0 Å². The average Bonchev–Trinajstić information content (AvgIpc) is 1.99. The van der Waals surface area contributed by atoms with Gasteiger partial charge >= 0.3 is 5.97 Å². The lowest BCUT2D eigenvalue weighted by Gasteiger charge is -2.01. The fourth-order valence-electron chi connectivity index (χ4n) is 0.611. The first kappa shape index (κ1) is 11.6. The van der Waals surface area contributed by atoms with Crippen molar-refractivity contribution in [2.45, 2.75) is 20.8 Å². The lowest BCUT2D eigenvalue weighted by molar-refractivity contribution is -0.138. The molecule has 0 rings (SSSR count). The van der Waals surface area contributed by atoms with Gasteiger partial charge in [0.2, 0.25) is 0 Å². The van der Waals surface area contributed by atoms with E-state index in [1.807, 2.05) is 29.5 Å². The van der Waals surface area contributed by atoms with Crippen LogP contribution >= 0.6 is 22.6 Å². The van der Waals surface area contributed by atoms with Crippen LogP contribution in [-0.4, -0.2) is 18.8 Å². The van der Waals surface area contributed by atoms with Gasteiger partial charge in [-0.3, -0.25) is 4.99 Å². The van der Waals surface area contributed by atoms with Crippen molar-refractivity contribution in [2.75, 3.05) is 6.61 Å². The van der Waals surface area contributed by atoms with E-state index in [2.05, 4.69) is 4.99 Å². The predicted molar refractivity (Wildman–Crippen MR) is 57.5 cm³/mol. The van der Waals surface area contributed by atoms with Crippen molar-refractivity contribution < 1.29 is 9.53 Å². The number of ether oxygens (including phenoxy) is 1. The SMILES string of the molecule is C/C=N\C(C(=O)OCC)=C(/C)I. The molecule has 68 valence electrons. The molecule has 3 nitrogen and oxygen atoms in total. The first-order chi connectivity index (χ1) is 5.63. The molecule has 12 heavy (non-hydrogen) atoms. The lowest BCUT2D eigenvalue weighted by atomic mass is 10.4. The zero-order valence-corrected chi connectivity index (χ0v) is 9.58. The highest BCUT2D eigenvalue weighted by atomic mass is 127. The number of carbonyl (C=O) groups is 1. The van der Waals surface area contributed by atoms with Gasteiger partial charge in [0, 0.05) is 9.79 Å². The summed E-state index contributed by atoms with van der Waals surface area (Å²) in [5, 5.41) is 0. The van der Waals surface area contributed by atoms with Crippen LogP contribution in [0, 0.1) is 0 Å². The summed E-state index contributed by atoms with van der Waals surface area (Å²) in [7, 11) is 0. The van der Waals surface area contributed by atoms with Gasteiger partial charge < -0.3 is 4.74 Å². The van der Waals surface area contributed by atoms with Crippen LogP contribution in [0.25, 0.3) is 0 Å². The number of aliphatic imine (C=N–C) groups is 1. The van der Waals surface area contributed by atoms with Crippen molar-refractivity contribution in [1.29, 1.82) is 0 Å². The number of esters is 1.